The normalized spacial score (nSPS) is 12.5. The third kappa shape index (κ3) is 2.21. The molecule has 96 valence electrons. The Hall–Kier alpha value is -1.52. The van der Waals surface area contributed by atoms with Crippen LogP contribution in [0.15, 0.2) is 18.2 Å². The van der Waals surface area contributed by atoms with Crippen LogP contribution in [-0.4, -0.2) is 19.2 Å². The molecule has 0 aliphatic rings. The fourth-order valence-corrected chi connectivity index (χ4v) is 2.07. The molecule has 1 unspecified atom stereocenters. The van der Waals surface area contributed by atoms with Gasteiger partial charge in [-0.15, -0.1) is 0 Å². The topological polar surface area (TPSA) is 57.4 Å². The summed E-state index contributed by atoms with van der Waals surface area (Å²) in [5, 5.41) is 1.46. The Morgan fingerprint density at radius 2 is 1.94 bits per heavy atom. The average Bonchev–Trinajstić information content (AvgIpc) is 2.36. The molecular weight excluding hydrogens is 252 g/mol. The van der Waals surface area contributed by atoms with Crippen molar-refractivity contribution < 1.29 is 9.47 Å². The van der Waals surface area contributed by atoms with Crippen LogP contribution in [0, 0.1) is 0 Å². The average molecular weight is 267 g/mol. The highest BCUT2D eigenvalue weighted by atomic mass is 35.5. The Kier molecular flexibility index (Phi) is 3.59. The summed E-state index contributed by atoms with van der Waals surface area (Å²) in [5.74, 6) is 1.12. The fourth-order valence-electron chi connectivity index (χ4n) is 1.82. The number of ether oxygens (including phenoxy) is 2. The summed E-state index contributed by atoms with van der Waals surface area (Å²) < 4.78 is 10.4. The van der Waals surface area contributed by atoms with Gasteiger partial charge in [0.1, 0.15) is 5.75 Å². The quantitative estimate of drug-likeness (QED) is 0.928. The van der Waals surface area contributed by atoms with E-state index in [0.29, 0.717) is 16.7 Å². The number of halogens is 1. The number of pyridine rings is 1. The predicted octanol–water partition coefficient (Wildman–Crippen LogP) is 2.93. The van der Waals surface area contributed by atoms with Crippen LogP contribution in [0.3, 0.4) is 0 Å². The smallest absolute Gasteiger partial charge is 0.218 e. The first kappa shape index (κ1) is 12.9. The zero-order valence-corrected chi connectivity index (χ0v) is 11.3. The van der Waals surface area contributed by atoms with E-state index in [1.165, 1.54) is 0 Å². The second kappa shape index (κ2) is 5.00. The molecule has 0 bridgehead atoms. The summed E-state index contributed by atoms with van der Waals surface area (Å²) in [6.07, 6.45) is 0. The van der Waals surface area contributed by atoms with Crippen LogP contribution in [-0.2, 0) is 0 Å². The fraction of sp³-hybridized carbons (Fsp3) is 0.308. The molecule has 2 N–H and O–H groups in total. The summed E-state index contributed by atoms with van der Waals surface area (Å²) in [6, 6.07) is 5.38. The van der Waals surface area contributed by atoms with Gasteiger partial charge in [-0.2, -0.15) is 0 Å². The SMILES string of the molecule is COc1cc2nc(OC)c(C(C)N)cc2cc1Cl. The van der Waals surface area contributed by atoms with Gasteiger partial charge in [0, 0.05) is 23.1 Å². The van der Waals surface area contributed by atoms with E-state index in [4.69, 9.17) is 26.8 Å². The third-order valence-electron chi connectivity index (χ3n) is 2.76. The van der Waals surface area contributed by atoms with Gasteiger partial charge in [-0.1, -0.05) is 11.6 Å². The van der Waals surface area contributed by atoms with Gasteiger partial charge in [-0.05, 0) is 19.1 Å². The van der Waals surface area contributed by atoms with Gasteiger partial charge < -0.3 is 15.2 Å². The first-order chi connectivity index (χ1) is 8.56. The number of rotatable bonds is 3. The van der Waals surface area contributed by atoms with Crippen molar-refractivity contribution in [1.29, 1.82) is 0 Å². The Labute approximate surface area is 111 Å². The molecule has 1 aromatic carbocycles. The summed E-state index contributed by atoms with van der Waals surface area (Å²) in [4.78, 5) is 4.42. The number of aromatic nitrogens is 1. The van der Waals surface area contributed by atoms with E-state index < -0.39 is 0 Å². The van der Waals surface area contributed by atoms with E-state index in [-0.39, 0.29) is 6.04 Å². The van der Waals surface area contributed by atoms with Crippen LogP contribution < -0.4 is 15.2 Å². The molecule has 0 amide bonds. The van der Waals surface area contributed by atoms with Crippen LogP contribution in [0.1, 0.15) is 18.5 Å². The Bertz CT molecular complexity index is 585. The lowest BCUT2D eigenvalue weighted by atomic mass is 10.1. The van der Waals surface area contributed by atoms with Crippen molar-refractivity contribution in [2.45, 2.75) is 13.0 Å². The van der Waals surface area contributed by atoms with Crippen molar-refractivity contribution >= 4 is 22.5 Å². The third-order valence-corrected chi connectivity index (χ3v) is 3.06. The Morgan fingerprint density at radius 3 is 2.50 bits per heavy atom. The Balaban J connectivity index is 2.71. The number of benzene rings is 1. The van der Waals surface area contributed by atoms with Crippen LogP contribution in [0.25, 0.3) is 10.9 Å². The summed E-state index contributed by atoms with van der Waals surface area (Å²) >= 11 is 6.09. The van der Waals surface area contributed by atoms with E-state index in [0.717, 1.165) is 16.5 Å². The lowest BCUT2D eigenvalue weighted by molar-refractivity contribution is 0.391. The number of fused-ring (bicyclic) bond motifs is 1. The molecule has 1 heterocycles. The second-order valence-corrected chi connectivity index (χ2v) is 4.46. The van der Waals surface area contributed by atoms with Gasteiger partial charge in [0.15, 0.2) is 0 Å². The van der Waals surface area contributed by atoms with Crippen molar-refractivity contribution in [1.82, 2.24) is 4.98 Å². The lowest BCUT2D eigenvalue weighted by Crippen LogP contribution is -2.08. The van der Waals surface area contributed by atoms with Crippen molar-refractivity contribution in [3.8, 4) is 11.6 Å². The molecule has 0 fully saturated rings. The van der Waals surface area contributed by atoms with Crippen molar-refractivity contribution in [2.24, 2.45) is 5.73 Å². The maximum absolute atomic E-state index is 6.09. The highest BCUT2D eigenvalue weighted by Crippen LogP contribution is 2.32. The van der Waals surface area contributed by atoms with Gasteiger partial charge in [-0.3, -0.25) is 0 Å². The van der Waals surface area contributed by atoms with Gasteiger partial charge in [0.25, 0.3) is 0 Å². The molecule has 0 saturated heterocycles. The largest absolute Gasteiger partial charge is 0.495 e. The monoisotopic (exact) mass is 266 g/mol. The highest BCUT2D eigenvalue weighted by molar-refractivity contribution is 6.32. The second-order valence-electron chi connectivity index (χ2n) is 4.06. The number of hydrogen-bond donors (Lipinski definition) is 1. The molecule has 0 spiro atoms. The van der Waals surface area contributed by atoms with Crippen LogP contribution >= 0.6 is 11.6 Å². The first-order valence-electron chi connectivity index (χ1n) is 5.54. The minimum atomic E-state index is -0.155. The van der Waals surface area contributed by atoms with Gasteiger partial charge in [0.2, 0.25) is 5.88 Å². The first-order valence-corrected chi connectivity index (χ1v) is 5.92. The standard InChI is InChI=1S/C13H15ClN2O2/c1-7(15)9-4-8-5-10(14)12(17-2)6-11(8)16-13(9)18-3/h4-7H,15H2,1-3H3. The van der Waals surface area contributed by atoms with Crippen molar-refractivity contribution in [3.63, 3.8) is 0 Å². The molecule has 0 saturated carbocycles. The zero-order valence-electron chi connectivity index (χ0n) is 10.5. The number of nitrogens with two attached hydrogens (primary N) is 1. The van der Waals surface area contributed by atoms with Gasteiger partial charge >= 0.3 is 0 Å². The molecular formula is C13H15ClN2O2. The molecule has 18 heavy (non-hydrogen) atoms. The summed E-state index contributed by atoms with van der Waals surface area (Å²) in [6.45, 7) is 1.89. The van der Waals surface area contributed by atoms with Crippen molar-refractivity contribution in [3.05, 3.63) is 28.8 Å². The number of methoxy groups -OCH3 is 2. The molecule has 2 rings (SSSR count). The lowest BCUT2D eigenvalue weighted by Gasteiger charge is -2.13. The molecule has 0 radical (unpaired) electrons. The maximum atomic E-state index is 6.09. The molecule has 4 nitrogen and oxygen atoms in total. The molecule has 1 atom stereocenters. The van der Waals surface area contributed by atoms with E-state index >= 15 is 0 Å². The molecule has 0 aliphatic heterocycles. The van der Waals surface area contributed by atoms with Gasteiger partial charge in [0.05, 0.1) is 24.8 Å². The van der Waals surface area contributed by atoms with E-state index in [2.05, 4.69) is 4.98 Å². The van der Waals surface area contributed by atoms with E-state index in [1.807, 2.05) is 19.1 Å². The van der Waals surface area contributed by atoms with Gasteiger partial charge in [-0.25, -0.2) is 4.98 Å². The molecule has 1 aromatic heterocycles. The van der Waals surface area contributed by atoms with Crippen LogP contribution in [0.4, 0.5) is 0 Å². The van der Waals surface area contributed by atoms with Crippen molar-refractivity contribution in [2.75, 3.05) is 14.2 Å². The predicted molar refractivity (Wildman–Crippen MR) is 72.5 cm³/mol. The summed E-state index contributed by atoms with van der Waals surface area (Å²) in [5.41, 5.74) is 7.51. The highest BCUT2D eigenvalue weighted by Gasteiger charge is 2.13. The molecule has 2 aromatic rings. The van der Waals surface area contributed by atoms with E-state index in [1.54, 1.807) is 20.3 Å². The molecule has 5 heteroatoms. The van der Waals surface area contributed by atoms with Crippen LogP contribution in [0.5, 0.6) is 11.6 Å². The maximum Gasteiger partial charge on any atom is 0.218 e. The summed E-state index contributed by atoms with van der Waals surface area (Å²) in [7, 11) is 3.15. The van der Waals surface area contributed by atoms with E-state index in [9.17, 15) is 0 Å². The van der Waals surface area contributed by atoms with Crippen LogP contribution in [0.2, 0.25) is 5.02 Å². The number of nitrogens with zero attached hydrogens (tertiary/aromatic N) is 1. The molecule has 0 aliphatic carbocycles. The Morgan fingerprint density at radius 1 is 1.22 bits per heavy atom. The number of hydrogen-bond acceptors (Lipinski definition) is 4. The minimum Gasteiger partial charge on any atom is -0.495 e. The zero-order chi connectivity index (χ0) is 13.3. The minimum absolute atomic E-state index is 0.155.